The number of methoxy groups -OCH3 is 1. The number of ether oxygens (including phenoxy) is 2. The second-order valence-corrected chi connectivity index (χ2v) is 4.16. The van der Waals surface area contributed by atoms with E-state index in [4.69, 9.17) is 21.1 Å². The van der Waals surface area contributed by atoms with Crippen molar-refractivity contribution in [2.24, 2.45) is 5.92 Å². The highest BCUT2D eigenvalue weighted by atomic mass is 35.5. The summed E-state index contributed by atoms with van der Waals surface area (Å²) in [6.45, 7) is 2.32. The summed E-state index contributed by atoms with van der Waals surface area (Å²) in [7, 11) is 1.39. The molecule has 1 unspecified atom stereocenters. The van der Waals surface area contributed by atoms with Crippen molar-refractivity contribution in [2.45, 2.75) is 19.8 Å². The molecule has 0 fully saturated rings. The maximum atomic E-state index is 11.5. The zero-order valence-corrected chi connectivity index (χ0v) is 10.9. The van der Waals surface area contributed by atoms with Gasteiger partial charge in [-0.3, -0.25) is 4.79 Å². The van der Waals surface area contributed by atoms with Gasteiger partial charge >= 0.3 is 5.97 Å². The Hall–Kier alpha value is -1.22. The van der Waals surface area contributed by atoms with Crippen LogP contribution in [-0.2, 0) is 9.53 Å². The first kappa shape index (κ1) is 13.8. The topological polar surface area (TPSA) is 35.5 Å². The number of rotatable bonds is 6. The van der Waals surface area contributed by atoms with Gasteiger partial charge in [-0.1, -0.05) is 37.1 Å². The lowest BCUT2D eigenvalue weighted by molar-refractivity contribution is -0.146. The summed E-state index contributed by atoms with van der Waals surface area (Å²) in [6.07, 6.45) is 1.66. The largest absolute Gasteiger partial charge is 0.491 e. The third kappa shape index (κ3) is 4.27. The van der Waals surface area contributed by atoms with Gasteiger partial charge in [0.25, 0.3) is 0 Å². The third-order valence-corrected chi connectivity index (χ3v) is 2.76. The highest BCUT2D eigenvalue weighted by molar-refractivity contribution is 6.32. The molecule has 0 amide bonds. The Morgan fingerprint density at radius 1 is 1.41 bits per heavy atom. The molecule has 0 aliphatic heterocycles. The number of esters is 1. The second kappa shape index (κ2) is 7.17. The van der Waals surface area contributed by atoms with Crippen LogP contribution in [0.5, 0.6) is 5.75 Å². The van der Waals surface area contributed by atoms with Crippen LogP contribution in [0.15, 0.2) is 24.3 Å². The van der Waals surface area contributed by atoms with Gasteiger partial charge in [0.1, 0.15) is 12.4 Å². The van der Waals surface area contributed by atoms with Crippen molar-refractivity contribution >= 4 is 17.6 Å². The highest BCUT2D eigenvalue weighted by Gasteiger charge is 2.19. The quantitative estimate of drug-likeness (QED) is 0.733. The molecule has 4 heteroatoms. The molecule has 0 aliphatic carbocycles. The van der Waals surface area contributed by atoms with E-state index in [1.54, 1.807) is 12.1 Å². The van der Waals surface area contributed by atoms with Crippen LogP contribution in [0.4, 0.5) is 0 Å². The van der Waals surface area contributed by atoms with Gasteiger partial charge < -0.3 is 9.47 Å². The number of carbonyl (C=O) groups is 1. The van der Waals surface area contributed by atoms with Gasteiger partial charge in [0.15, 0.2) is 0 Å². The third-order valence-electron chi connectivity index (χ3n) is 2.45. The van der Waals surface area contributed by atoms with Crippen molar-refractivity contribution in [1.82, 2.24) is 0 Å². The molecule has 0 aromatic heterocycles. The van der Waals surface area contributed by atoms with Gasteiger partial charge in [-0.15, -0.1) is 0 Å². The van der Waals surface area contributed by atoms with E-state index in [-0.39, 0.29) is 11.9 Å². The summed E-state index contributed by atoms with van der Waals surface area (Å²) in [5, 5.41) is 0.549. The molecule has 0 heterocycles. The molecule has 1 rings (SSSR count). The van der Waals surface area contributed by atoms with Crippen molar-refractivity contribution < 1.29 is 14.3 Å². The average molecular weight is 257 g/mol. The van der Waals surface area contributed by atoms with Crippen molar-refractivity contribution in [3.8, 4) is 5.75 Å². The highest BCUT2D eigenvalue weighted by Crippen LogP contribution is 2.24. The van der Waals surface area contributed by atoms with E-state index in [9.17, 15) is 4.79 Å². The lowest BCUT2D eigenvalue weighted by Crippen LogP contribution is -2.23. The van der Waals surface area contributed by atoms with Crippen LogP contribution < -0.4 is 4.74 Å². The lowest BCUT2D eigenvalue weighted by atomic mass is 10.1. The summed E-state index contributed by atoms with van der Waals surface area (Å²) in [4.78, 5) is 11.5. The van der Waals surface area contributed by atoms with Gasteiger partial charge in [-0.25, -0.2) is 0 Å². The number of hydrogen-bond acceptors (Lipinski definition) is 3. The first-order valence-corrected chi connectivity index (χ1v) is 6.02. The maximum Gasteiger partial charge on any atom is 0.312 e. The number of benzene rings is 1. The van der Waals surface area contributed by atoms with Crippen LogP contribution in [0.2, 0.25) is 5.02 Å². The molecule has 94 valence electrons. The average Bonchev–Trinajstić information content (AvgIpc) is 2.35. The first-order chi connectivity index (χ1) is 8.19. The molecule has 17 heavy (non-hydrogen) atoms. The molecule has 0 N–H and O–H groups in total. The Morgan fingerprint density at radius 2 is 2.12 bits per heavy atom. The number of carbonyl (C=O) groups excluding carboxylic acids is 1. The van der Waals surface area contributed by atoms with E-state index in [0.717, 1.165) is 12.8 Å². The Bertz CT molecular complexity index is 365. The molecular formula is C13H17ClO3. The fraction of sp³-hybridized carbons (Fsp3) is 0.462. The van der Waals surface area contributed by atoms with Crippen molar-refractivity contribution in [3.63, 3.8) is 0 Å². The minimum Gasteiger partial charge on any atom is -0.491 e. The fourth-order valence-electron chi connectivity index (χ4n) is 1.54. The Kier molecular flexibility index (Phi) is 5.84. The first-order valence-electron chi connectivity index (χ1n) is 5.64. The van der Waals surface area contributed by atoms with Crippen molar-refractivity contribution in [2.75, 3.05) is 13.7 Å². The Balaban J connectivity index is 2.57. The molecule has 0 radical (unpaired) electrons. The summed E-state index contributed by atoms with van der Waals surface area (Å²) in [5.74, 6) is 0.124. The van der Waals surface area contributed by atoms with Crippen molar-refractivity contribution in [1.29, 1.82) is 0 Å². The fourth-order valence-corrected chi connectivity index (χ4v) is 1.73. The van der Waals surface area contributed by atoms with Crippen LogP contribution in [0, 0.1) is 5.92 Å². The molecule has 1 aromatic carbocycles. The lowest BCUT2D eigenvalue weighted by Gasteiger charge is -2.15. The second-order valence-electron chi connectivity index (χ2n) is 3.75. The minimum atomic E-state index is -0.237. The maximum absolute atomic E-state index is 11.5. The van der Waals surface area contributed by atoms with Crippen LogP contribution >= 0.6 is 11.6 Å². The SMILES string of the molecule is CCCC(COc1ccccc1Cl)C(=O)OC. The molecule has 3 nitrogen and oxygen atoms in total. The number of halogens is 1. The van der Waals surface area contributed by atoms with Crippen LogP contribution in [-0.4, -0.2) is 19.7 Å². The summed E-state index contributed by atoms with van der Waals surface area (Å²) < 4.78 is 10.3. The Labute approximate surface area is 107 Å². The summed E-state index contributed by atoms with van der Waals surface area (Å²) in [5.41, 5.74) is 0. The summed E-state index contributed by atoms with van der Waals surface area (Å²) >= 11 is 5.96. The van der Waals surface area contributed by atoms with Crippen LogP contribution in [0.25, 0.3) is 0 Å². The van der Waals surface area contributed by atoms with Gasteiger partial charge in [-0.2, -0.15) is 0 Å². The molecule has 0 bridgehead atoms. The zero-order valence-electron chi connectivity index (χ0n) is 10.1. The van der Waals surface area contributed by atoms with Gasteiger partial charge in [0.05, 0.1) is 18.1 Å². The van der Waals surface area contributed by atoms with Crippen LogP contribution in [0.3, 0.4) is 0 Å². The predicted molar refractivity (Wildman–Crippen MR) is 67.4 cm³/mol. The van der Waals surface area contributed by atoms with E-state index in [1.807, 2.05) is 19.1 Å². The van der Waals surface area contributed by atoms with E-state index in [0.29, 0.717) is 17.4 Å². The normalized spacial score (nSPS) is 11.9. The summed E-state index contributed by atoms with van der Waals surface area (Å²) in [6, 6.07) is 7.21. The van der Waals surface area contributed by atoms with Crippen molar-refractivity contribution in [3.05, 3.63) is 29.3 Å². The standard InChI is InChI=1S/C13H17ClO3/c1-3-6-10(13(15)16-2)9-17-12-8-5-4-7-11(12)14/h4-5,7-8,10H,3,6,9H2,1-2H3. The molecule has 0 saturated carbocycles. The number of hydrogen-bond donors (Lipinski definition) is 0. The molecule has 1 atom stereocenters. The van der Waals surface area contributed by atoms with E-state index in [2.05, 4.69) is 0 Å². The molecule has 0 spiro atoms. The predicted octanol–water partition coefficient (Wildman–Crippen LogP) is 3.31. The minimum absolute atomic E-state index is 0.235. The molecule has 0 saturated heterocycles. The van der Waals surface area contributed by atoms with E-state index >= 15 is 0 Å². The van der Waals surface area contributed by atoms with E-state index in [1.165, 1.54) is 7.11 Å². The van der Waals surface area contributed by atoms with E-state index < -0.39 is 0 Å². The monoisotopic (exact) mass is 256 g/mol. The van der Waals surface area contributed by atoms with Gasteiger partial charge in [0.2, 0.25) is 0 Å². The number of para-hydroxylation sites is 1. The van der Waals surface area contributed by atoms with Gasteiger partial charge in [0, 0.05) is 0 Å². The smallest absolute Gasteiger partial charge is 0.312 e. The molecule has 1 aromatic rings. The van der Waals surface area contributed by atoms with Crippen LogP contribution in [0.1, 0.15) is 19.8 Å². The zero-order chi connectivity index (χ0) is 12.7. The molecular weight excluding hydrogens is 240 g/mol. The van der Waals surface area contributed by atoms with Gasteiger partial charge in [-0.05, 0) is 18.6 Å². The Morgan fingerprint density at radius 3 is 2.71 bits per heavy atom. The molecule has 0 aliphatic rings.